The van der Waals surface area contributed by atoms with Gasteiger partial charge in [-0.3, -0.25) is 14.5 Å². The maximum absolute atomic E-state index is 12.8. The summed E-state index contributed by atoms with van der Waals surface area (Å²) >= 11 is 19.0. The van der Waals surface area contributed by atoms with E-state index in [1.54, 1.807) is 42.4 Å². The largest absolute Gasteiger partial charge is 0.493 e. The van der Waals surface area contributed by atoms with Gasteiger partial charge in [0.15, 0.2) is 18.1 Å². The fourth-order valence-electron chi connectivity index (χ4n) is 3.23. The number of carbonyl (C=O) groups is 2. The molecule has 2 amide bonds. The van der Waals surface area contributed by atoms with Crippen LogP contribution in [-0.2, 0) is 14.3 Å². The van der Waals surface area contributed by atoms with Gasteiger partial charge in [-0.05, 0) is 54.8 Å². The lowest BCUT2D eigenvalue weighted by Gasteiger charge is -2.14. The van der Waals surface area contributed by atoms with Crippen molar-refractivity contribution in [3.05, 3.63) is 56.4 Å². The van der Waals surface area contributed by atoms with Crippen LogP contribution in [0, 0.1) is 6.92 Å². The average Bonchev–Trinajstić information content (AvgIpc) is 3.07. The van der Waals surface area contributed by atoms with Crippen molar-refractivity contribution in [3.63, 3.8) is 0 Å². The molecule has 1 heterocycles. The Morgan fingerprint density at radius 2 is 2.00 bits per heavy atom. The van der Waals surface area contributed by atoms with Crippen LogP contribution in [0.4, 0.5) is 5.69 Å². The third-order valence-corrected chi connectivity index (χ3v) is 6.87. The second kappa shape index (κ2) is 12.6. The molecule has 7 nitrogen and oxygen atoms in total. The summed E-state index contributed by atoms with van der Waals surface area (Å²) in [6, 6.07) is 8.53. The zero-order valence-corrected chi connectivity index (χ0v) is 22.5. The Bertz CT molecular complexity index is 1170. The van der Waals surface area contributed by atoms with Crippen LogP contribution in [0.3, 0.4) is 0 Å². The Morgan fingerprint density at radius 3 is 2.71 bits per heavy atom. The van der Waals surface area contributed by atoms with Crippen molar-refractivity contribution in [2.24, 2.45) is 0 Å². The molecule has 35 heavy (non-hydrogen) atoms. The first-order valence-electron chi connectivity index (χ1n) is 10.5. The Labute approximate surface area is 223 Å². The second-order valence-electron chi connectivity index (χ2n) is 7.51. The molecule has 0 bridgehead atoms. The van der Waals surface area contributed by atoms with E-state index >= 15 is 0 Å². The average molecular weight is 556 g/mol. The van der Waals surface area contributed by atoms with Crippen molar-refractivity contribution in [1.29, 1.82) is 0 Å². The first-order valence-corrected chi connectivity index (χ1v) is 12.5. The van der Waals surface area contributed by atoms with E-state index in [9.17, 15) is 9.59 Å². The quantitative estimate of drug-likeness (QED) is 0.234. The molecule has 2 aromatic rings. The minimum Gasteiger partial charge on any atom is -0.493 e. The van der Waals surface area contributed by atoms with Gasteiger partial charge in [-0.1, -0.05) is 53.2 Å². The van der Waals surface area contributed by atoms with Crippen LogP contribution in [0.25, 0.3) is 6.08 Å². The predicted molar refractivity (Wildman–Crippen MR) is 145 cm³/mol. The van der Waals surface area contributed by atoms with Crippen LogP contribution in [0.2, 0.25) is 10.0 Å². The van der Waals surface area contributed by atoms with Gasteiger partial charge in [0.1, 0.15) is 4.32 Å². The number of methoxy groups -OCH3 is 2. The summed E-state index contributed by atoms with van der Waals surface area (Å²) in [5.74, 6) is -0.00309. The molecule has 0 unspecified atom stereocenters. The molecule has 1 N–H and O–H groups in total. The van der Waals surface area contributed by atoms with Gasteiger partial charge in [-0.15, -0.1) is 0 Å². The molecular weight excluding hydrogens is 531 g/mol. The highest BCUT2D eigenvalue weighted by atomic mass is 35.5. The van der Waals surface area contributed by atoms with Crippen molar-refractivity contribution in [2.75, 3.05) is 39.3 Å². The van der Waals surface area contributed by atoms with Gasteiger partial charge in [0.05, 0.1) is 17.0 Å². The minimum atomic E-state index is -0.380. The number of benzene rings is 2. The van der Waals surface area contributed by atoms with Gasteiger partial charge in [-0.2, -0.15) is 0 Å². The fourth-order valence-corrected chi connectivity index (χ4v) is 4.98. The number of carbonyl (C=O) groups excluding carboxylic acids is 2. The Morgan fingerprint density at radius 1 is 1.23 bits per heavy atom. The van der Waals surface area contributed by atoms with Crippen molar-refractivity contribution in [1.82, 2.24) is 4.90 Å². The van der Waals surface area contributed by atoms with Gasteiger partial charge >= 0.3 is 0 Å². The second-order valence-corrected chi connectivity index (χ2v) is 10.0. The van der Waals surface area contributed by atoms with Gasteiger partial charge in [-0.25, -0.2) is 0 Å². The molecule has 1 aliphatic rings. The molecular formula is C24H24Cl2N2O5S2. The molecule has 1 saturated heterocycles. The van der Waals surface area contributed by atoms with Gasteiger partial charge < -0.3 is 19.5 Å². The molecule has 3 rings (SSSR count). The highest BCUT2D eigenvalue weighted by Crippen LogP contribution is 2.39. The van der Waals surface area contributed by atoms with Crippen LogP contribution >= 0.6 is 47.2 Å². The number of thiocarbonyl (C=S) groups is 1. The minimum absolute atomic E-state index is 0.167. The first-order chi connectivity index (χ1) is 16.7. The summed E-state index contributed by atoms with van der Waals surface area (Å²) < 4.78 is 16.6. The Hall–Kier alpha value is -2.30. The van der Waals surface area contributed by atoms with E-state index in [4.69, 9.17) is 49.6 Å². The molecule has 0 aliphatic carbocycles. The number of thioether (sulfide) groups is 1. The third kappa shape index (κ3) is 7.11. The summed E-state index contributed by atoms with van der Waals surface area (Å²) in [4.78, 5) is 27.2. The number of amides is 2. The van der Waals surface area contributed by atoms with Crippen LogP contribution in [0.1, 0.15) is 17.5 Å². The topological polar surface area (TPSA) is 77.1 Å². The predicted octanol–water partition coefficient (Wildman–Crippen LogP) is 5.57. The normalized spacial score (nSPS) is 14.5. The number of aryl methyl sites for hydroxylation is 1. The Kier molecular flexibility index (Phi) is 9.82. The van der Waals surface area contributed by atoms with E-state index in [0.717, 1.165) is 5.56 Å². The molecule has 1 aliphatic heterocycles. The van der Waals surface area contributed by atoms with Crippen LogP contribution in [0.5, 0.6) is 11.5 Å². The standard InChI is InChI=1S/C24H24Cl2N2O5S2/c1-14-5-6-16(25)12-18(14)27-21(29)13-33-22-17(26)9-15(10-19(22)32-3)11-20-23(30)28(24(34)35-20)7-4-8-31-2/h5-6,9-12H,4,7-8,13H2,1-3H3,(H,27,29)/b20-11-. The number of hydrogen-bond donors (Lipinski definition) is 1. The maximum Gasteiger partial charge on any atom is 0.266 e. The number of hydrogen-bond acceptors (Lipinski definition) is 7. The van der Waals surface area contributed by atoms with Crippen molar-refractivity contribution >= 4 is 75.1 Å². The van der Waals surface area contributed by atoms with E-state index in [-0.39, 0.29) is 29.2 Å². The number of rotatable bonds is 10. The summed E-state index contributed by atoms with van der Waals surface area (Å²) in [7, 11) is 3.08. The number of halogens is 2. The zero-order chi connectivity index (χ0) is 25.5. The molecule has 0 saturated carbocycles. The van der Waals surface area contributed by atoms with E-state index in [1.807, 2.05) is 13.0 Å². The SMILES string of the molecule is COCCCN1C(=O)/C(=C/c2cc(Cl)c(OCC(=O)Nc3cc(Cl)ccc3C)c(OC)c2)SC1=S. The molecule has 0 radical (unpaired) electrons. The van der Waals surface area contributed by atoms with E-state index < -0.39 is 0 Å². The van der Waals surface area contributed by atoms with Gasteiger partial charge in [0.2, 0.25) is 0 Å². The fraction of sp³-hybridized carbons (Fsp3) is 0.292. The molecule has 186 valence electrons. The highest BCUT2D eigenvalue weighted by Gasteiger charge is 2.31. The van der Waals surface area contributed by atoms with Crippen LogP contribution < -0.4 is 14.8 Å². The number of anilines is 1. The molecule has 0 spiro atoms. The molecule has 0 aromatic heterocycles. The van der Waals surface area contributed by atoms with Gasteiger partial charge in [0.25, 0.3) is 11.8 Å². The smallest absolute Gasteiger partial charge is 0.266 e. The van der Waals surface area contributed by atoms with Crippen molar-refractivity contribution < 1.29 is 23.8 Å². The summed E-state index contributed by atoms with van der Waals surface area (Å²) in [5, 5.41) is 3.51. The van der Waals surface area contributed by atoms with E-state index in [2.05, 4.69) is 5.32 Å². The number of nitrogens with zero attached hydrogens (tertiary/aromatic N) is 1. The lowest BCUT2D eigenvalue weighted by Crippen LogP contribution is -2.29. The molecule has 11 heteroatoms. The molecule has 0 atom stereocenters. The lowest BCUT2D eigenvalue weighted by molar-refractivity contribution is -0.122. The van der Waals surface area contributed by atoms with Crippen molar-refractivity contribution in [3.8, 4) is 11.5 Å². The van der Waals surface area contributed by atoms with Crippen LogP contribution in [0.15, 0.2) is 35.2 Å². The third-order valence-electron chi connectivity index (χ3n) is 4.97. The first kappa shape index (κ1) is 27.3. The summed E-state index contributed by atoms with van der Waals surface area (Å²) in [5.41, 5.74) is 2.10. The van der Waals surface area contributed by atoms with Gasteiger partial charge in [0, 0.05) is 31.0 Å². The highest BCUT2D eigenvalue weighted by molar-refractivity contribution is 8.26. The molecule has 2 aromatic carbocycles. The number of ether oxygens (including phenoxy) is 3. The zero-order valence-electron chi connectivity index (χ0n) is 19.4. The lowest BCUT2D eigenvalue weighted by atomic mass is 10.1. The molecule has 1 fully saturated rings. The van der Waals surface area contributed by atoms with Crippen LogP contribution in [-0.4, -0.2) is 55.0 Å². The monoisotopic (exact) mass is 554 g/mol. The Balaban J connectivity index is 1.71. The summed E-state index contributed by atoms with van der Waals surface area (Å²) in [6.07, 6.45) is 2.38. The maximum atomic E-state index is 12.8. The number of nitrogens with one attached hydrogen (secondary N) is 1. The van der Waals surface area contributed by atoms with Crippen molar-refractivity contribution in [2.45, 2.75) is 13.3 Å². The van der Waals surface area contributed by atoms with E-state index in [1.165, 1.54) is 18.9 Å². The summed E-state index contributed by atoms with van der Waals surface area (Å²) in [6.45, 7) is 2.60. The van der Waals surface area contributed by atoms with E-state index in [0.29, 0.717) is 50.8 Å².